The summed E-state index contributed by atoms with van der Waals surface area (Å²) in [5, 5.41) is 3.16. The van der Waals surface area contributed by atoms with Crippen molar-refractivity contribution < 1.29 is 9.53 Å². The molecule has 4 heteroatoms. The highest BCUT2D eigenvalue weighted by Gasteiger charge is 2.24. The maximum absolute atomic E-state index is 12.1. The molecule has 148 valence electrons. The summed E-state index contributed by atoms with van der Waals surface area (Å²) in [4.78, 5) is 14.6. The van der Waals surface area contributed by atoms with Gasteiger partial charge in [0, 0.05) is 25.2 Å². The summed E-state index contributed by atoms with van der Waals surface area (Å²) in [5.74, 6) is 1.82. The first-order valence-corrected chi connectivity index (χ1v) is 10.4. The molecule has 1 aliphatic heterocycles. The molecule has 0 radical (unpaired) electrons. The number of hydrogen-bond acceptors (Lipinski definition) is 4. The lowest BCUT2D eigenvalue weighted by Gasteiger charge is -2.30. The van der Waals surface area contributed by atoms with Gasteiger partial charge >= 0.3 is 0 Å². The van der Waals surface area contributed by atoms with Crippen LogP contribution in [0.4, 0.5) is 0 Å². The Balaban J connectivity index is 1.39. The molecule has 0 aromatic heterocycles. The van der Waals surface area contributed by atoms with Crippen LogP contribution >= 0.6 is 0 Å². The van der Waals surface area contributed by atoms with E-state index in [0.717, 1.165) is 49.4 Å². The van der Waals surface area contributed by atoms with Gasteiger partial charge in [0.15, 0.2) is 5.78 Å². The monoisotopic (exact) mass is 378 g/mol. The summed E-state index contributed by atoms with van der Waals surface area (Å²) in [6, 6.07) is 12.9. The first-order chi connectivity index (χ1) is 13.7. The smallest absolute Gasteiger partial charge is 0.176 e. The summed E-state index contributed by atoms with van der Waals surface area (Å²) >= 11 is 0. The molecule has 1 N–H and O–H groups in total. The maximum Gasteiger partial charge on any atom is 0.176 e. The summed E-state index contributed by atoms with van der Waals surface area (Å²) < 4.78 is 5.58. The van der Waals surface area contributed by atoms with Gasteiger partial charge in [0.2, 0.25) is 0 Å². The summed E-state index contributed by atoms with van der Waals surface area (Å²) in [7, 11) is 3.98. The normalized spacial score (nSPS) is 18.7. The molecular formula is C24H30N2O2. The molecule has 4 nitrogen and oxygen atoms in total. The molecule has 0 fully saturated rings. The van der Waals surface area contributed by atoms with E-state index in [0.29, 0.717) is 12.5 Å². The fourth-order valence-corrected chi connectivity index (χ4v) is 4.68. The number of hydrogen-bond donors (Lipinski definition) is 1. The van der Waals surface area contributed by atoms with Crippen molar-refractivity contribution in [2.75, 3.05) is 33.8 Å². The Morgan fingerprint density at radius 2 is 2.11 bits per heavy atom. The lowest BCUT2D eigenvalue weighted by atomic mass is 9.82. The molecule has 1 heterocycles. The highest BCUT2D eigenvalue weighted by molar-refractivity contribution is 6.00. The van der Waals surface area contributed by atoms with Crippen LogP contribution in [-0.4, -0.2) is 44.5 Å². The quantitative estimate of drug-likeness (QED) is 0.834. The summed E-state index contributed by atoms with van der Waals surface area (Å²) in [5.41, 5.74) is 6.15. The second kappa shape index (κ2) is 8.46. The number of methoxy groups -OCH3 is 1. The zero-order valence-corrected chi connectivity index (χ0v) is 17.0. The molecule has 1 unspecified atom stereocenters. The van der Waals surface area contributed by atoms with Crippen LogP contribution in [0.25, 0.3) is 0 Å². The Morgan fingerprint density at radius 1 is 1.21 bits per heavy atom. The molecule has 0 amide bonds. The van der Waals surface area contributed by atoms with Gasteiger partial charge in [-0.2, -0.15) is 0 Å². The third-order valence-electron chi connectivity index (χ3n) is 6.20. The predicted molar refractivity (Wildman–Crippen MR) is 112 cm³/mol. The topological polar surface area (TPSA) is 41.6 Å². The number of nitrogens with one attached hydrogen (secondary N) is 1. The van der Waals surface area contributed by atoms with Gasteiger partial charge in [-0.15, -0.1) is 0 Å². The number of benzene rings is 2. The molecule has 2 aromatic rings. The van der Waals surface area contributed by atoms with Gasteiger partial charge in [-0.25, -0.2) is 0 Å². The Kier molecular flexibility index (Phi) is 5.79. The summed E-state index contributed by atoms with van der Waals surface area (Å²) in [6.45, 7) is 3.32. The standard InChI is InChI=1S/C24H30N2O2/c1-26(12-11-17-9-10-18-14-25-15-23(27)22(18)13-17)16-19-5-3-7-21-20(19)6-4-8-24(21)28-2/h4,6,8-10,13,19,25H,3,5,7,11-12,14-16H2,1-2H3. The Labute approximate surface area is 167 Å². The van der Waals surface area contributed by atoms with Crippen LogP contribution in [0, 0.1) is 0 Å². The Hall–Kier alpha value is -2.17. The van der Waals surface area contributed by atoms with Crippen LogP contribution in [0.3, 0.4) is 0 Å². The first kappa shape index (κ1) is 19.2. The van der Waals surface area contributed by atoms with Gasteiger partial charge in [0.05, 0.1) is 13.7 Å². The first-order valence-electron chi connectivity index (χ1n) is 10.4. The van der Waals surface area contributed by atoms with Crippen molar-refractivity contribution in [2.24, 2.45) is 0 Å². The predicted octanol–water partition coefficient (Wildman–Crippen LogP) is 3.58. The van der Waals surface area contributed by atoms with Crippen molar-refractivity contribution in [3.05, 3.63) is 64.2 Å². The van der Waals surface area contributed by atoms with E-state index in [9.17, 15) is 4.79 Å². The SMILES string of the molecule is COc1cccc2c1CCCC2CN(C)CCc1ccc2c(c1)C(=O)CNC2. The van der Waals surface area contributed by atoms with E-state index in [4.69, 9.17) is 4.74 Å². The third-order valence-corrected chi connectivity index (χ3v) is 6.20. The second-order valence-corrected chi connectivity index (χ2v) is 8.15. The zero-order chi connectivity index (χ0) is 19.5. The number of ether oxygens (including phenoxy) is 1. The van der Waals surface area contributed by atoms with Crippen molar-refractivity contribution in [3.8, 4) is 5.75 Å². The van der Waals surface area contributed by atoms with Gasteiger partial charge in [0.1, 0.15) is 5.75 Å². The molecule has 0 saturated heterocycles. The number of likely N-dealkylation sites (N-methyl/N-ethyl adjacent to an activating group) is 1. The highest BCUT2D eigenvalue weighted by Crippen LogP contribution is 2.36. The molecule has 1 atom stereocenters. The highest BCUT2D eigenvalue weighted by atomic mass is 16.5. The molecule has 4 rings (SSSR count). The van der Waals surface area contributed by atoms with Gasteiger partial charge in [-0.1, -0.05) is 24.3 Å². The number of ketones is 1. The van der Waals surface area contributed by atoms with Gasteiger partial charge in [-0.05, 0) is 73.0 Å². The number of fused-ring (bicyclic) bond motifs is 2. The Bertz CT molecular complexity index is 862. The largest absolute Gasteiger partial charge is 0.496 e. The molecule has 0 spiro atoms. The number of nitrogens with zero attached hydrogens (tertiary/aromatic N) is 1. The van der Waals surface area contributed by atoms with E-state index < -0.39 is 0 Å². The molecule has 0 bridgehead atoms. The number of Topliss-reactive ketones (excluding diaryl/α,β-unsaturated/α-hetero) is 1. The molecular weight excluding hydrogens is 348 g/mol. The van der Waals surface area contributed by atoms with Crippen LogP contribution in [0.2, 0.25) is 0 Å². The van der Waals surface area contributed by atoms with E-state index in [-0.39, 0.29) is 5.78 Å². The number of carbonyl (C=O) groups is 1. The van der Waals surface area contributed by atoms with Crippen LogP contribution < -0.4 is 10.1 Å². The van der Waals surface area contributed by atoms with Crippen molar-refractivity contribution in [1.29, 1.82) is 0 Å². The Morgan fingerprint density at radius 3 is 2.96 bits per heavy atom. The fourth-order valence-electron chi connectivity index (χ4n) is 4.68. The van der Waals surface area contributed by atoms with Crippen LogP contribution in [0.5, 0.6) is 5.75 Å². The zero-order valence-electron chi connectivity index (χ0n) is 17.0. The second-order valence-electron chi connectivity index (χ2n) is 8.15. The van der Waals surface area contributed by atoms with Crippen molar-refractivity contribution in [2.45, 2.75) is 38.1 Å². The fraction of sp³-hybridized carbons (Fsp3) is 0.458. The average Bonchev–Trinajstić information content (AvgIpc) is 2.72. The molecule has 0 saturated carbocycles. The van der Waals surface area contributed by atoms with E-state index in [2.05, 4.69) is 53.7 Å². The maximum atomic E-state index is 12.1. The van der Waals surface area contributed by atoms with Crippen molar-refractivity contribution >= 4 is 5.78 Å². The lowest BCUT2D eigenvalue weighted by molar-refractivity contribution is 0.0982. The van der Waals surface area contributed by atoms with Crippen molar-refractivity contribution in [3.63, 3.8) is 0 Å². The van der Waals surface area contributed by atoms with Crippen LogP contribution in [0.1, 0.15) is 51.4 Å². The average molecular weight is 379 g/mol. The third kappa shape index (κ3) is 3.98. The lowest BCUT2D eigenvalue weighted by Crippen LogP contribution is -2.30. The summed E-state index contributed by atoms with van der Waals surface area (Å²) in [6.07, 6.45) is 4.57. The minimum atomic E-state index is 0.212. The van der Waals surface area contributed by atoms with Gasteiger partial charge in [-0.3, -0.25) is 4.79 Å². The molecule has 2 aliphatic rings. The molecule has 2 aromatic carbocycles. The minimum absolute atomic E-state index is 0.212. The van der Waals surface area contributed by atoms with E-state index in [1.807, 2.05) is 0 Å². The van der Waals surface area contributed by atoms with Crippen molar-refractivity contribution in [1.82, 2.24) is 10.2 Å². The number of rotatable bonds is 6. The molecule has 28 heavy (non-hydrogen) atoms. The molecule has 1 aliphatic carbocycles. The van der Waals surface area contributed by atoms with E-state index in [1.54, 1.807) is 7.11 Å². The van der Waals surface area contributed by atoms with Crippen LogP contribution in [-0.2, 0) is 19.4 Å². The number of carbonyl (C=O) groups excluding carboxylic acids is 1. The van der Waals surface area contributed by atoms with Gasteiger partial charge in [0.25, 0.3) is 0 Å². The van der Waals surface area contributed by atoms with E-state index >= 15 is 0 Å². The van der Waals surface area contributed by atoms with Crippen LogP contribution in [0.15, 0.2) is 36.4 Å². The van der Waals surface area contributed by atoms with E-state index in [1.165, 1.54) is 29.5 Å². The van der Waals surface area contributed by atoms with Gasteiger partial charge < -0.3 is 15.0 Å². The minimum Gasteiger partial charge on any atom is -0.496 e.